The number of aryl methyl sites for hydroxylation is 2. The molecule has 1 amide bonds. The van der Waals surface area contributed by atoms with Gasteiger partial charge in [0, 0.05) is 16.3 Å². The van der Waals surface area contributed by atoms with Gasteiger partial charge in [-0.25, -0.2) is 0 Å². The first kappa shape index (κ1) is 13.6. The van der Waals surface area contributed by atoms with Crippen molar-refractivity contribution < 1.29 is 4.79 Å². The molecule has 2 nitrogen and oxygen atoms in total. The number of hydrogen-bond acceptors (Lipinski definition) is 1. The Hall–Kier alpha value is -1.80. The highest BCUT2D eigenvalue weighted by molar-refractivity contribution is 6.31. The Balaban J connectivity index is 2.26. The third kappa shape index (κ3) is 2.96. The number of hydrogen-bond donors (Lipinski definition) is 1. The fourth-order valence-electron chi connectivity index (χ4n) is 1.87. The van der Waals surface area contributed by atoms with Crippen LogP contribution in [0.4, 0.5) is 5.69 Å². The number of carbonyl (C=O) groups is 1. The lowest BCUT2D eigenvalue weighted by Gasteiger charge is -2.10. The van der Waals surface area contributed by atoms with Gasteiger partial charge in [0.05, 0.1) is 0 Å². The second kappa shape index (κ2) is 5.45. The maximum atomic E-state index is 12.2. The number of anilines is 1. The van der Waals surface area contributed by atoms with Gasteiger partial charge in [0.2, 0.25) is 0 Å². The normalized spacial score (nSPS) is 10.3. The summed E-state index contributed by atoms with van der Waals surface area (Å²) < 4.78 is 0. The highest BCUT2D eigenvalue weighted by Gasteiger charge is 2.10. The Morgan fingerprint density at radius 2 is 1.79 bits per heavy atom. The van der Waals surface area contributed by atoms with E-state index in [1.807, 2.05) is 51.1 Å². The molecule has 19 heavy (non-hydrogen) atoms. The lowest BCUT2D eigenvalue weighted by Crippen LogP contribution is -2.13. The summed E-state index contributed by atoms with van der Waals surface area (Å²) in [5.74, 6) is -0.110. The molecule has 0 bridgehead atoms. The zero-order chi connectivity index (χ0) is 14.0. The minimum Gasteiger partial charge on any atom is -0.322 e. The smallest absolute Gasteiger partial charge is 0.255 e. The van der Waals surface area contributed by atoms with Gasteiger partial charge in [-0.2, -0.15) is 0 Å². The van der Waals surface area contributed by atoms with E-state index in [4.69, 9.17) is 11.6 Å². The summed E-state index contributed by atoms with van der Waals surface area (Å²) in [4.78, 5) is 12.2. The fraction of sp³-hybridized carbons (Fsp3) is 0.188. The number of rotatable bonds is 2. The Labute approximate surface area is 118 Å². The van der Waals surface area contributed by atoms with E-state index in [1.54, 1.807) is 6.07 Å². The monoisotopic (exact) mass is 273 g/mol. The maximum Gasteiger partial charge on any atom is 0.255 e. The molecule has 0 aliphatic carbocycles. The fourth-order valence-corrected chi connectivity index (χ4v) is 2.05. The highest BCUT2D eigenvalue weighted by atomic mass is 35.5. The molecular formula is C16H16ClNO. The van der Waals surface area contributed by atoms with Gasteiger partial charge in [-0.05, 0) is 55.7 Å². The van der Waals surface area contributed by atoms with Crippen molar-refractivity contribution in [3.05, 3.63) is 63.7 Å². The van der Waals surface area contributed by atoms with Crippen LogP contribution < -0.4 is 5.32 Å². The van der Waals surface area contributed by atoms with Crippen LogP contribution >= 0.6 is 11.6 Å². The minimum absolute atomic E-state index is 0.110. The maximum absolute atomic E-state index is 12.2. The van der Waals surface area contributed by atoms with Crippen molar-refractivity contribution in [2.45, 2.75) is 20.8 Å². The zero-order valence-electron chi connectivity index (χ0n) is 11.3. The van der Waals surface area contributed by atoms with Crippen molar-refractivity contribution in [1.29, 1.82) is 0 Å². The molecule has 2 aromatic carbocycles. The van der Waals surface area contributed by atoms with Gasteiger partial charge in [-0.15, -0.1) is 0 Å². The molecule has 98 valence electrons. The first-order valence-corrected chi connectivity index (χ1v) is 6.50. The Morgan fingerprint density at radius 1 is 1.05 bits per heavy atom. The Morgan fingerprint density at radius 3 is 2.47 bits per heavy atom. The first-order valence-electron chi connectivity index (χ1n) is 6.13. The lowest BCUT2D eigenvalue weighted by molar-refractivity contribution is 0.102. The summed E-state index contributed by atoms with van der Waals surface area (Å²) in [6.45, 7) is 5.87. The topological polar surface area (TPSA) is 29.1 Å². The SMILES string of the molecule is Cc1ccc(NC(=O)c2cccc(C)c2C)cc1Cl. The molecule has 2 rings (SSSR count). The lowest BCUT2D eigenvalue weighted by atomic mass is 10.0. The van der Waals surface area contributed by atoms with Crippen LogP contribution in [-0.2, 0) is 0 Å². The predicted octanol–water partition coefficient (Wildman–Crippen LogP) is 4.52. The van der Waals surface area contributed by atoms with Crippen molar-refractivity contribution in [1.82, 2.24) is 0 Å². The van der Waals surface area contributed by atoms with Crippen molar-refractivity contribution in [2.75, 3.05) is 5.32 Å². The number of amides is 1. The predicted molar refractivity (Wildman–Crippen MR) is 80.1 cm³/mol. The number of benzene rings is 2. The van der Waals surface area contributed by atoms with E-state index >= 15 is 0 Å². The third-order valence-electron chi connectivity index (χ3n) is 3.28. The Kier molecular flexibility index (Phi) is 3.91. The molecule has 0 unspecified atom stereocenters. The zero-order valence-corrected chi connectivity index (χ0v) is 12.0. The average Bonchev–Trinajstić information content (AvgIpc) is 2.37. The summed E-state index contributed by atoms with van der Waals surface area (Å²) in [5, 5.41) is 3.52. The molecule has 2 aromatic rings. The number of nitrogens with one attached hydrogen (secondary N) is 1. The van der Waals surface area contributed by atoms with Crippen LogP contribution in [0.25, 0.3) is 0 Å². The van der Waals surface area contributed by atoms with Crippen LogP contribution in [0, 0.1) is 20.8 Å². The standard InChI is InChI=1S/C16H16ClNO/c1-10-5-4-6-14(12(10)3)16(19)18-13-8-7-11(2)15(17)9-13/h4-9H,1-3H3,(H,18,19). The molecule has 0 atom stereocenters. The molecule has 0 saturated carbocycles. The van der Waals surface area contributed by atoms with Gasteiger partial charge in [0.1, 0.15) is 0 Å². The quantitative estimate of drug-likeness (QED) is 0.856. The van der Waals surface area contributed by atoms with E-state index in [0.29, 0.717) is 16.3 Å². The van der Waals surface area contributed by atoms with E-state index in [9.17, 15) is 4.79 Å². The minimum atomic E-state index is -0.110. The van der Waals surface area contributed by atoms with Crippen molar-refractivity contribution >= 4 is 23.2 Å². The van der Waals surface area contributed by atoms with Gasteiger partial charge < -0.3 is 5.32 Å². The molecule has 3 heteroatoms. The average molecular weight is 274 g/mol. The Bertz CT molecular complexity index is 635. The molecule has 0 aromatic heterocycles. The second-order valence-corrected chi connectivity index (χ2v) is 5.07. The van der Waals surface area contributed by atoms with Crippen LogP contribution in [0.3, 0.4) is 0 Å². The third-order valence-corrected chi connectivity index (χ3v) is 3.69. The molecule has 0 spiro atoms. The molecule has 0 aliphatic rings. The van der Waals surface area contributed by atoms with E-state index in [0.717, 1.165) is 16.7 Å². The van der Waals surface area contributed by atoms with Crippen LogP contribution in [0.2, 0.25) is 5.02 Å². The molecule has 0 heterocycles. The summed E-state index contributed by atoms with van der Waals surface area (Å²) in [6, 6.07) is 11.2. The summed E-state index contributed by atoms with van der Waals surface area (Å²) in [7, 11) is 0. The molecule has 0 fully saturated rings. The largest absolute Gasteiger partial charge is 0.322 e. The van der Waals surface area contributed by atoms with Crippen molar-refractivity contribution in [3.63, 3.8) is 0 Å². The van der Waals surface area contributed by atoms with Gasteiger partial charge in [-0.3, -0.25) is 4.79 Å². The van der Waals surface area contributed by atoms with Crippen molar-refractivity contribution in [2.24, 2.45) is 0 Å². The van der Waals surface area contributed by atoms with Crippen LogP contribution in [0.1, 0.15) is 27.0 Å². The molecular weight excluding hydrogens is 258 g/mol. The van der Waals surface area contributed by atoms with Gasteiger partial charge >= 0.3 is 0 Å². The molecule has 0 radical (unpaired) electrons. The summed E-state index contributed by atoms with van der Waals surface area (Å²) in [5.41, 5.74) is 4.50. The molecule has 0 saturated heterocycles. The summed E-state index contributed by atoms with van der Waals surface area (Å²) in [6.07, 6.45) is 0. The van der Waals surface area contributed by atoms with E-state index < -0.39 is 0 Å². The molecule has 0 aliphatic heterocycles. The van der Waals surface area contributed by atoms with Gasteiger partial charge in [0.15, 0.2) is 0 Å². The second-order valence-electron chi connectivity index (χ2n) is 4.67. The van der Waals surface area contributed by atoms with Gasteiger partial charge in [0.25, 0.3) is 5.91 Å². The van der Waals surface area contributed by atoms with Gasteiger partial charge in [-0.1, -0.05) is 29.8 Å². The van der Waals surface area contributed by atoms with Crippen LogP contribution in [-0.4, -0.2) is 5.91 Å². The highest BCUT2D eigenvalue weighted by Crippen LogP contribution is 2.21. The first-order chi connectivity index (χ1) is 8.99. The van der Waals surface area contributed by atoms with Crippen LogP contribution in [0.15, 0.2) is 36.4 Å². The molecule has 1 N–H and O–H groups in total. The van der Waals surface area contributed by atoms with Crippen LogP contribution in [0.5, 0.6) is 0 Å². The summed E-state index contributed by atoms with van der Waals surface area (Å²) >= 11 is 6.05. The van der Waals surface area contributed by atoms with Crippen molar-refractivity contribution in [3.8, 4) is 0 Å². The number of halogens is 1. The van der Waals surface area contributed by atoms with E-state index in [1.165, 1.54) is 0 Å². The number of carbonyl (C=O) groups excluding carboxylic acids is 1. The van der Waals surface area contributed by atoms with E-state index in [-0.39, 0.29) is 5.91 Å². The van der Waals surface area contributed by atoms with E-state index in [2.05, 4.69) is 5.32 Å².